The van der Waals surface area contributed by atoms with Crippen LogP contribution in [0.1, 0.15) is 46.1 Å². The van der Waals surface area contributed by atoms with Crippen LogP contribution >= 0.6 is 0 Å². The summed E-state index contributed by atoms with van der Waals surface area (Å²) in [6.45, 7) is 7.05. The van der Waals surface area contributed by atoms with E-state index < -0.39 is 48.4 Å². The number of benzene rings is 1. The lowest BCUT2D eigenvalue weighted by Gasteiger charge is -2.22. The molecule has 0 saturated heterocycles. The average molecular weight is 449 g/mol. The van der Waals surface area contributed by atoms with Crippen LogP contribution in [0.25, 0.3) is 0 Å². The molecule has 4 atom stereocenters. The van der Waals surface area contributed by atoms with Crippen molar-refractivity contribution in [1.29, 1.82) is 0 Å². The van der Waals surface area contributed by atoms with Crippen molar-refractivity contribution in [2.24, 2.45) is 17.6 Å². The number of nitrogens with one attached hydrogen (secondary N) is 3. The largest absolute Gasteiger partial charge is 0.480 e. The number of carboxylic acids is 1. The van der Waals surface area contributed by atoms with Crippen LogP contribution in [0.3, 0.4) is 0 Å². The monoisotopic (exact) mass is 448 g/mol. The number of aliphatic carboxylic acids is 1. The molecule has 0 saturated carbocycles. The van der Waals surface area contributed by atoms with Crippen LogP contribution in [0.5, 0.6) is 0 Å². The molecule has 6 N–H and O–H groups in total. The Labute approximate surface area is 189 Å². The van der Waals surface area contributed by atoms with E-state index in [1.807, 2.05) is 51.1 Å². The van der Waals surface area contributed by atoms with Crippen LogP contribution in [0.4, 0.5) is 0 Å². The highest BCUT2D eigenvalue weighted by atomic mass is 16.4. The minimum Gasteiger partial charge on any atom is -0.480 e. The summed E-state index contributed by atoms with van der Waals surface area (Å²) in [5.74, 6) is -2.79. The highest BCUT2D eigenvalue weighted by molar-refractivity contribution is 5.92. The summed E-state index contributed by atoms with van der Waals surface area (Å²) in [5.41, 5.74) is 6.77. The van der Waals surface area contributed by atoms with Crippen molar-refractivity contribution in [2.75, 3.05) is 6.54 Å². The molecule has 9 nitrogen and oxygen atoms in total. The van der Waals surface area contributed by atoms with Gasteiger partial charge >= 0.3 is 5.97 Å². The number of nitrogens with two attached hydrogens (primary N) is 1. The van der Waals surface area contributed by atoms with E-state index in [1.165, 1.54) is 0 Å². The van der Waals surface area contributed by atoms with Gasteiger partial charge < -0.3 is 26.8 Å². The summed E-state index contributed by atoms with van der Waals surface area (Å²) >= 11 is 0. The number of rotatable bonds is 13. The van der Waals surface area contributed by atoms with E-state index in [4.69, 9.17) is 5.73 Å². The van der Waals surface area contributed by atoms with Crippen molar-refractivity contribution in [2.45, 2.75) is 65.1 Å². The first-order chi connectivity index (χ1) is 15.0. The zero-order chi connectivity index (χ0) is 24.3. The highest BCUT2D eigenvalue weighted by Gasteiger charge is 2.27. The Kier molecular flexibility index (Phi) is 11.4. The van der Waals surface area contributed by atoms with Crippen LogP contribution in [-0.4, -0.2) is 53.5 Å². The molecule has 178 valence electrons. The molecule has 1 rings (SSSR count). The third-order valence-electron chi connectivity index (χ3n) is 5.20. The first-order valence-corrected chi connectivity index (χ1v) is 10.9. The van der Waals surface area contributed by atoms with Gasteiger partial charge in [-0.05, 0) is 23.8 Å². The van der Waals surface area contributed by atoms with Crippen molar-refractivity contribution in [1.82, 2.24) is 16.0 Å². The average Bonchev–Trinajstić information content (AvgIpc) is 2.74. The third kappa shape index (κ3) is 9.47. The topological polar surface area (TPSA) is 151 Å². The Morgan fingerprint density at radius 3 is 2.16 bits per heavy atom. The zero-order valence-electron chi connectivity index (χ0n) is 19.3. The third-order valence-corrected chi connectivity index (χ3v) is 5.20. The molecule has 3 amide bonds. The van der Waals surface area contributed by atoms with Crippen LogP contribution in [-0.2, 0) is 25.6 Å². The Morgan fingerprint density at radius 2 is 1.62 bits per heavy atom. The number of hydrogen-bond donors (Lipinski definition) is 5. The van der Waals surface area contributed by atoms with Gasteiger partial charge in [-0.2, -0.15) is 0 Å². The molecular formula is C23H36N4O5. The summed E-state index contributed by atoms with van der Waals surface area (Å²) < 4.78 is 0. The molecule has 0 aliphatic carbocycles. The summed E-state index contributed by atoms with van der Waals surface area (Å²) in [4.78, 5) is 48.9. The number of hydrogen-bond acceptors (Lipinski definition) is 5. The minimum absolute atomic E-state index is 0.216. The lowest BCUT2D eigenvalue weighted by molar-refractivity contribution is -0.143. The molecule has 0 aromatic heterocycles. The SMILES string of the molecule is CCC(C)C(NC(=O)CNC(=O)C(Cc1ccccc1)NC(=O)C(N)CC(C)C)C(=O)O. The quantitative estimate of drug-likeness (QED) is 0.301. The van der Waals surface area contributed by atoms with E-state index in [1.54, 1.807) is 6.92 Å². The van der Waals surface area contributed by atoms with Gasteiger partial charge in [-0.25, -0.2) is 4.79 Å². The van der Waals surface area contributed by atoms with Gasteiger partial charge in [0.05, 0.1) is 12.6 Å². The fourth-order valence-corrected chi connectivity index (χ4v) is 3.15. The second kappa shape index (κ2) is 13.5. The van der Waals surface area contributed by atoms with Gasteiger partial charge in [-0.15, -0.1) is 0 Å². The summed E-state index contributed by atoms with van der Waals surface area (Å²) in [7, 11) is 0. The van der Waals surface area contributed by atoms with Gasteiger partial charge in [0.1, 0.15) is 12.1 Å². The van der Waals surface area contributed by atoms with Crippen LogP contribution in [0.15, 0.2) is 30.3 Å². The van der Waals surface area contributed by atoms with Crippen LogP contribution < -0.4 is 21.7 Å². The maximum Gasteiger partial charge on any atom is 0.326 e. The van der Waals surface area contributed by atoms with Crippen LogP contribution in [0.2, 0.25) is 0 Å². The normalized spacial score (nSPS) is 14.7. The minimum atomic E-state index is -1.13. The lowest BCUT2D eigenvalue weighted by atomic mass is 9.99. The van der Waals surface area contributed by atoms with Crippen molar-refractivity contribution in [3.63, 3.8) is 0 Å². The molecule has 1 aromatic carbocycles. The predicted octanol–water partition coefficient (Wildman–Crippen LogP) is 0.819. The van der Waals surface area contributed by atoms with Crippen molar-refractivity contribution < 1.29 is 24.3 Å². The Morgan fingerprint density at radius 1 is 1.00 bits per heavy atom. The van der Waals surface area contributed by atoms with Crippen LogP contribution in [0, 0.1) is 11.8 Å². The molecule has 0 heterocycles. The predicted molar refractivity (Wildman–Crippen MR) is 122 cm³/mol. The van der Waals surface area contributed by atoms with E-state index in [0.29, 0.717) is 12.8 Å². The van der Waals surface area contributed by atoms with E-state index in [9.17, 15) is 24.3 Å². The smallest absolute Gasteiger partial charge is 0.326 e. The number of amides is 3. The molecule has 4 unspecified atom stereocenters. The number of carbonyl (C=O) groups excluding carboxylic acids is 3. The molecule has 1 aromatic rings. The van der Waals surface area contributed by atoms with Gasteiger partial charge in [0, 0.05) is 6.42 Å². The molecule has 0 aliphatic rings. The fourth-order valence-electron chi connectivity index (χ4n) is 3.15. The lowest BCUT2D eigenvalue weighted by Crippen LogP contribution is -2.54. The number of carbonyl (C=O) groups is 4. The maximum absolute atomic E-state index is 12.8. The van der Waals surface area contributed by atoms with E-state index >= 15 is 0 Å². The molecule has 0 spiro atoms. The zero-order valence-corrected chi connectivity index (χ0v) is 19.3. The standard InChI is InChI=1S/C23H36N4O5/c1-5-15(4)20(23(31)32)27-19(28)13-25-22(30)18(12-16-9-7-6-8-10-16)26-21(29)17(24)11-14(2)3/h6-10,14-15,17-18,20H,5,11-13,24H2,1-4H3,(H,25,30)(H,26,29)(H,27,28)(H,31,32). The second-order valence-corrected chi connectivity index (χ2v) is 8.47. The van der Waals surface area contributed by atoms with Gasteiger partial charge in [0.2, 0.25) is 17.7 Å². The summed E-state index contributed by atoms with van der Waals surface area (Å²) in [6.07, 6.45) is 1.27. The molecule has 0 radical (unpaired) electrons. The molecule has 0 aliphatic heterocycles. The van der Waals surface area contributed by atoms with Gasteiger partial charge in [0.25, 0.3) is 0 Å². The Bertz CT molecular complexity index is 769. The molecule has 32 heavy (non-hydrogen) atoms. The van der Waals surface area contributed by atoms with Crippen molar-refractivity contribution >= 4 is 23.7 Å². The van der Waals surface area contributed by atoms with Crippen molar-refractivity contribution in [3.05, 3.63) is 35.9 Å². The van der Waals surface area contributed by atoms with Gasteiger partial charge in [-0.3, -0.25) is 14.4 Å². The summed E-state index contributed by atoms with van der Waals surface area (Å²) in [5, 5.41) is 16.9. The maximum atomic E-state index is 12.8. The molecular weight excluding hydrogens is 412 g/mol. The van der Waals surface area contributed by atoms with Gasteiger partial charge in [0.15, 0.2) is 0 Å². The molecule has 9 heteroatoms. The highest BCUT2D eigenvalue weighted by Crippen LogP contribution is 2.08. The first-order valence-electron chi connectivity index (χ1n) is 10.9. The van der Waals surface area contributed by atoms with E-state index in [-0.39, 0.29) is 18.3 Å². The molecule has 0 fully saturated rings. The van der Waals surface area contributed by atoms with Crippen molar-refractivity contribution in [3.8, 4) is 0 Å². The Hall–Kier alpha value is -2.94. The van der Waals surface area contributed by atoms with Gasteiger partial charge in [-0.1, -0.05) is 64.4 Å². The summed E-state index contributed by atoms with van der Waals surface area (Å²) in [6, 6.07) is 6.43. The Balaban J connectivity index is 2.80. The fraction of sp³-hybridized carbons (Fsp3) is 0.565. The second-order valence-electron chi connectivity index (χ2n) is 8.47. The van der Waals surface area contributed by atoms with E-state index in [2.05, 4.69) is 16.0 Å². The first kappa shape index (κ1) is 27.1. The van der Waals surface area contributed by atoms with E-state index in [0.717, 1.165) is 5.56 Å². The molecule has 0 bridgehead atoms. The number of carboxylic acid groups (broad SMARTS) is 1.